The molecule has 0 spiro atoms. The number of aryl methyl sites for hydroxylation is 2. The summed E-state index contributed by atoms with van der Waals surface area (Å²) in [6.07, 6.45) is 0.730. The van der Waals surface area contributed by atoms with E-state index in [1.807, 2.05) is 20.8 Å². The van der Waals surface area contributed by atoms with Gasteiger partial charge in [-0.1, -0.05) is 48.7 Å². The summed E-state index contributed by atoms with van der Waals surface area (Å²) in [6, 6.07) is 12.7. The van der Waals surface area contributed by atoms with Crippen molar-refractivity contribution >= 4 is 19.9 Å². The Morgan fingerprint density at radius 3 is 1.68 bits per heavy atom. The molecule has 0 saturated heterocycles. The number of hydrogen-bond donors (Lipinski definition) is 1. The van der Waals surface area contributed by atoms with Crippen LogP contribution in [0.4, 0.5) is 0 Å². The number of nitrogens with one attached hydrogen (secondary N) is 1. The molecule has 0 bridgehead atoms. The first kappa shape index (κ1) is 19.6. The van der Waals surface area contributed by atoms with Crippen LogP contribution in [-0.2, 0) is 19.9 Å². The number of rotatable bonds is 7. The van der Waals surface area contributed by atoms with Crippen molar-refractivity contribution < 1.29 is 16.8 Å². The second kappa shape index (κ2) is 7.68. The van der Waals surface area contributed by atoms with Gasteiger partial charge in [-0.3, -0.25) is 0 Å². The van der Waals surface area contributed by atoms with Gasteiger partial charge in [0.2, 0.25) is 10.0 Å². The van der Waals surface area contributed by atoms with Crippen LogP contribution in [0.25, 0.3) is 0 Å². The van der Waals surface area contributed by atoms with E-state index in [4.69, 9.17) is 0 Å². The molecule has 1 unspecified atom stereocenters. The molecule has 0 amide bonds. The van der Waals surface area contributed by atoms with Gasteiger partial charge >= 0.3 is 0 Å². The lowest BCUT2D eigenvalue weighted by Gasteiger charge is -2.19. The Balaban J connectivity index is 2.37. The zero-order chi connectivity index (χ0) is 18.7. The Bertz CT molecular complexity index is 916. The van der Waals surface area contributed by atoms with E-state index in [2.05, 4.69) is 4.72 Å². The predicted octanol–water partition coefficient (Wildman–Crippen LogP) is 3.18. The summed E-state index contributed by atoms with van der Waals surface area (Å²) in [5.74, 6) is 0. The second-order valence-corrected chi connectivity index (χ2v) is 9.91. The first-order valence-electron chi connectivity index (χ1n) is 8.06. The fourth-order valence-corrected chi connectivity index (χ4v) is 5.76. The van der Waals surface area contributed by atoms with E-state index < -0.39 is 25.2 Å². The minimum absolute atomic E-state index is 0.0540. The fourth-order valence-electron chi connectivity index (χ4n) is 2.39. The average Bonchev–Trinajstić information content (AvgIpc) is 2.55. The lowest BCUT2D eigenvalue weighted by Crippen LogP contribution is -2.40. The molecule has 7 heteroatoms. The quantitative estimate of drug-likeness (QED) is 0.799. The zero-order valence-electron chi connectivity index (χ0n) is 14.6. The van der Waals surface area contributed by atoms with Gasteiger partial charge < -0.3 is 0 Å². The topological polar surface area (TPSA) is 80.3 Å². The summed E-state index contributed by atoms with van der Waals surface area (Å²) in [5.41, 5.74) is 1.86. The van der Waals surface area contributed by atoms with Crippen LogP contribution in [0.5, 0.6) is 0 Å². The molecule has 0 aliphatic heterocycles. The third kappa shape index (κ3) is 4.68. The molecule has 25 heavy (non-hydrogen) atoms. The van der Waals surface area contributed by atoms with E-state index >= 15 is 0 Å². The van der Waals surface area contributed by atoms with Gasteiger partial charge in [0.1, 0.15) is 5.37 Å². The van der Waals surface area contributed by atoms with E-state index in [1.165, 1.54) is 24.3 Å². The highest BCUT2D eigenvalue weighted by atomic mass is 32.2. The number of sulfonamides is 1. The Morgan fingerprint density at radius 2 is 1.24 bits per heavy atom. The van der Waals surface area contributed by atoms with Gasteiger partial charge in [-0.2, -0.15) is 4.72 Å². The Morgan fingerprint density at radius 1 is 0.800 bits per heavy atom. The molecule has 0 saturated carbocycles. The van der Waals surface area contributed by atoms with Crippen molar-refractivity contribution in [3.63, 3.8) is 0 Å². The SMILES string of the molecule is CCCC(NS(=O)(=O)c1ccc(C)cc1)S(=O)(=O)c1ccc(C)cc1. The van der Waals surface area contributed by atoms with Gasteiger partial charge in [0.15, 0.2) is 9.84 Å². The number of benzene rings is 2. The maximum atomic E-state index is 12.9. The van der Waals surface area contributed by atoms with Crippen LogP contribution < -0.4 is 4.72 Å². The van der Waals surface area contributed by atoms with Crippen molar-refractivity contribution in [3.8, 4) is 0 Å². The minimum Gasteiger partial charge on any atom is -0.222 e. The van der Waals surface area contributed by atoms with Crippen LogP contribution >= 0.6 is 0 Å². The Labute approximate surface area is 150 Å². The molecule has 2 aromatic rings. The molecule has 0 aromatic heterocycles. The van der Waals surface area contributed by atoms with Crippen LogP contribution in [0.1, 0.15) is 30.9 Å². The van der Waals surface area contributed by atoms with Gasteiger partial charge in [0.05, 0.1) is 9.79 Å². The predicted molar refractivity (Wildman–Crippen MR) is 98.6 cm³/mol. The third-order valence-electron chi connectivity index (χ3n) is 3.89. The molecular weight excluding hydrogens is 358 g/mol. The Kier molecular flexibility index (Phi) is 6.03. The highest BCUT2D eigenvalue weighted by molar-refractivity contribution is 7.94. The molecule has 1 N–H and O–H groups in total. The summed E-state index contributed by atoms with van der Waals surface area (Å²) in [7, 11) is -7.75. The van der Waals surface area contributed by atoms with Crippen molar-refractivity contribution in [1.29, 1.82) is 0 Å². The zero-order valence-corrected chi connectivity index (χ0v) is 16.2. The number of sulfone groups is 1. The van der Waals surface area contributed by atoms with Crippen molar-refractivity contribution in [2.75, 3.05) is 0 Å². The summed E-state index contributed by atoms with van der Waals surface area (Å²) >= 11 is 0. The van der Waals surface area contributed by atoms with Crippen molar-refractivity contribution in [2.45, 2.75) is 48.8 Å². The van der Waals surface area contributed by atoms with E-state index in [-0.39, 0.29) is 16.2 Å². The highest BCUT2D eigenvalue weighted by Gasteiger charge is 2.31. The maximum absolute atomic E-state index is 12.9. The molecular formula is C18H23NO4S2. The van der Waals surface area contributed by atoms with Crippen LogP contribution in [0.2, 0.25) is 0 Å². The molecule has 2 rings (SSSR count). The molecule has 5 nitrogen and oxygen atoms in total. The van der Waals surface area contributed by atoms with Crippen molar-refractivity contribution in [2.24, 2.45) is 0 Å². The molecule has 0 heterocycles. The molecule has 1 atom stereocenters. The molecule has 0 aliphatic rings. The van der Waals surface area contributed by atoms with E-state index in [0.29, 0.717) is 6.42 Å². The first-order valence-corrected chi connectivity index (χ1v) is 11.1. The monoisotopic (exact) mass is 381 g/mol. The average molecular weight is 382 g/mol. The molecule has 0 radical (unpaired) electrons. The van der Waals surface area contributed by atoms with Crippen molar-refractivity contribution in [3.05, 3.63) is 59.7 Å². The Hall–Kier alpha value is -1.70. The smallest absolute Gasteiger partial charge is 0.222 e. The third-order valence-corrected chi connectivity index (χ3v) is 7.56. The lowest BCUT2D eigenvalue weighted by molar-refractivity contribution is 0.542. The normalized spacial score (nSPS) is 13.6. The van der Waals surface area contributed by atoms with Gasteiger partial charge in [-0.15, -0.1) is 0 Å². The summed E-state index contributed by atoms with van der Waals surface area (Å²) in [5, 5.41) is -1.20. The van der Waals surface area contributed by atoms with E-state index in [9.17, 15) is 16.8 Å². The first-order chi connectivity index (χ1) is 11.7. The standard InChI is InChI=1S/C18H23NO4S2/c1-4-5-18(24(20,21)16-10-6-14(2)7-11-16)19-25(22,23)17-12-8-15(3)9-13-17/h6-13,18-19H,4-5H2,1-3H3. The van der Waals surface area contributed by atoms with Crippen LogP contribution in [0.15, 0.2) is 58.3 Å². The maximum Gasteiger partial charge on any atom is 0.241 e. The number of hydrogen-bond acceptors (Lipinski definition) is 4. The van der Waals surface area contributed by atoms with Crippen LogP contribution in [-0.4, -0.2) is 22.2 Å². The highest BCUT2D eigenvalue weighted by Crippen LogP contribution is 2.21. The van der Waals surface area contributed by atoms with Crippen LogP contribution in [0.3, 0.4) is 0 Å². The van der Waals surface area contributed by atoms with E-state index in [1.54, 1.807) is 24.3 Å². The fraction of sp³-hybridized carbons (Fsp3) is 0.333. The minimum atomic E-state index is -3.93. The van der Waals surface area contributed by atoms with Crippen molar-refractivity contribution in [1.82, 2.24) is 4.72 Å². The molecule has 136 valence electrons. The molecule has 0 fully saturated rings. The molecule has 0 aliphatic carbocycles. The van der Waals surface area contributed by atoms with Gasteiger partial charge in [-0.25, -0.2) is 16.8 Å². The van der Waals surface area contributed by atoms with Gasteiger partial charge in [0.25, 0.3) is 0 Å². The summed E-state index contributed by atoms with van der Waals surface area (Å²) in [6.45, 7) is 5.53. The van der Waals surface area contributed by atoms with Gasteiger partial charge in [0, 0.05) is 0 Å². The lowest BCUT2D eigenvalue weighted by atomic mass is 10.2. The largest absolute Gasteiger partial charge is 0.241 e. The van der Waals surface area contributed by atoms with Crippen LogP contribution in [0, 0.1) is 13.8 Å². The van der Waals surface area contributed by atoms with E-state index in [0.717, 1.165) is 11.1 Å². The second-order valence-electron chi connectivity index (χ2n) is 6.07. The van der Waals surface area contributed by atoms with Gasteiger partial charge in [-0.05, 0) is 44.5 Å². The summed E-state index contributed by atoms with van der Waals surface area (Å²) < 4.78 is 53.3. The summed E-state index contributed by atoms with van der Waals surface area (Å²) in [4.78, 5) is 0.168. The molecule has 2 aromatic carbocycles.